The summed E-state index contributed by atoms with van der Waals surface area (Å²) in [5.41, 5.74) is 6.72. The lowest BCUT2D eigenvalue weighted by Crippen LogP contribution is -1.86. The first kappa shape index (κ1) is 7.46. The van der Waals surface area contributed by atoms with Crippen LogP contribution in [-0.2, 0) is 0 Å². The number of anilines is 2. The van der Waals surface area contributed by atoms with Crippen molar-refractivity contribution in [1.82, 2.24) is 0 Å². The standard InChI is InChI=1S/C6H7IN2O/c7-9-5-3-4(8)1-2-6(5)10/h1-3,9-10H,8H2. The Bertz CT molecular complexity index is 239. The summed E-state index contributed by atoms with van der Waals surface area (Å²) in [7, 11) is 0. The summed E-state index contributed by atoms with van der Waals surface area (Å²) < 4.78 is 2.78. The SMILES string of the molecule is Nc1ccc(O)c(NI)c1. The van der Waals surface area contributed by atoms with Crippen LogP contribution < -0.4 is 9.26 Å². The maximum Gasteiger partial charge on any atom is 0.139 e. The van der Waals surface area contributed by atoms with Gasteiger partial charge in [0.1, 0.15) is 5.75 Å². The number of aromatic hydroxyl groups is 1. The fourth-order valence-electron chi connectivity index (χ4n) is 0.629. The minimum Gasteiger partial charge on any atom is -0.506 e. The molecule has 0 radical (unpaired) electrons. The minimum atomic E-state index is 0.212. The Kier molecular flexibility index (Phi) is 2.21. The van der Waals surface area contributed by atoms with E-state index < -0.39 is 0 Å². The molecular weight excluding hydrogens is 243 g/mol. The summed E-state index contributed by atoms with van der Waals surface area (Å²) in [5, 5.41) is 9.11. The maximum atomic E-state index is 9.11. The van der Waals surface area contributed by atoms with Crippen LogP contribution in [0.4, 0.5) is 11.4 Å². The minimum absolute atomic E-state index is 0.212. The van der Waals surface area contributed by atoms with E-state index >= 15 is 0 Å². The van der Waals surface area contributed by atoms with Gasteiger partial charge < -0.3 is 14.4 Å². The second-order valence-corrected chi connectivity index (χ2v) is 2.41. The van der Waals surface area contributed by atoms with E-state index in [4.69, 9.17) is 10.8 Å². The predicted molar refractivity (Wildman–Crippen MR) is 50.2 cm³/mol. The molecule has 0 aliphatic heterocycles. The molecular formula is C6H7IN2O. The fourth-order valence-corrected chi connectivity index (χ4v) is 1.06. The molecule has 0 heterocycles. The summed E-state index contributed by atoms with van der Waals surface area (Å²) in [6.45, 7) is 0. The van der Waals surface area contributed by atoms with Crippen molar-refractivity contribution >= 4 is 34.2 Å². The Balaban J connectivity index is 3.09. The smallest absolute Gasteiger partial charge is 0.139 e. The van der Waals surface area contributed by atoms with Crippen molar-refractivity contribution in [2.24, 2.45) is 0 Å². The van der Waals surface area contributed by atoms with Gasteiger partial charge in [-0.05, 0) is 18.2 Å². The third-order valence-corrected chi connectivity index (χ3v) is 1.70. The van der Waals surface area contributed by atoms with Crippen LogP contribution in [0, 0.1) is 0 Å². The number of phenols is 1. The van der Waals surface area contributed by atoms with E-state index in [2.05, 4.69) is 3.53 Å². The Labute approximate surface area is 72.7 Å². The molecule has 0 amide bonds. The van der Waals surface area contributed by atoms with Gasteiger partial charge in [-0.3, -0.25) is 0 Å². The zero-order chi connectivity index (χ0) is 7.56. The number of nitrogens with one attached hydrogen (secondary N) is 1. The molecule has 0 bridgehead atoms. The highest BCUT2D eigenvalue weighted by Crippen LogP contribution is 2.25. The molecule has 1 rings (SSSR count). The second-order valence-electron chi connectivity index (χ2n) is 1.87. The first-order valence-electron chi connectivity index (χ1n) is 2.69. The summed E-state index contributed by atoms with van der Waals surface area (Å²) in [4.78, 5) is 0. The average molecular weight is 250 g/mol. The van der Waals surface area contributed by atoms with Crippen molar-refractivity contribution in [3.05, 3.63) is 18.2 Å². The van der Waals surface area contributed by atoms with Crippen LogP contribution in [0.5, 0.6) is 5.75 Å². The molecule has 0 unspecified atom stereocenters. The predicted octanol–water partition coefficient (Wildman–Crippen LogP) is 1.74. The summed E-state index contributed by atoms with van der Waals surface area (Å²) >= 11 is 1.93. The van der Waals surface area contributed by atoms with Crippen molar-refractivity contribution in [2.75, 3.05) is 9.26 Å². The number of benzene rings is 1. The van der Waals surface area contributed by atoms with Crippen molar-refractivity contribution in [3.63, 3.8) is 0 Å². The highest BCUT2D eigenvalue weighted by atomic mass is 127. The van der Waals surface area contributed by atoms with Crippen LogP contribution in [-0.4, -0.2) is 5.11 Å². The average Bonchev–Trinajstić information content (AvgIpc) is 1.94. The maximum absolute atomic E-state index is 9.11. The molecule has 1 aromatic rings. The third-order valence-electron chi connectivity index (χ3n) is 1.12. The van der Waals surface area contributed by atoms with Crippen molar-refractivity contribution in [2.45, 2.75) is 0 Å². The van der Waals surface area contributed by atoms with E-state index in [1.807, 2.05) is 22.9 Å². The molecule has 4 heteroatoms. The van der Waals surface area contributed by atoms with Crippen LogP contribution in [0.15, 0.2) is 18.2 Å². The largest absolute Gasteiger partial charge is 0.506 e. The van der Waals surface area contributed by atoms with Gasteiger partial charge in [0, 0.05) is 5.69 Å². The molecule has 0 aromatic heterocycles. The first-order chi connectivity index (χ1) is 4.74. The molecule has 54 valence electrons. The topological polar surface area (TPSA) is 58.3 Å². The van der Waals surface area contributed by atoms with E-state index in [0.717, 1.165) is 0 Å². The molecule has 0 saturated carbocycles. The fraction of sp³-hybridized carbons (Fsp3) is 0. The Morgan fingerprint density at radius 1 is 1.50 bits per heavy atom. The molecule has 0 atom stereocenters. The van der Waals surface area contributed by atoms with Gasteiger partial charge in [-0.15, -0.1) is 0 Å². The molecule has 0 saturated heterocycles. The van der Waals surface area contributed by atoms with Gasteiger partial charge in [-0.2, -0.15) is 0 Å². The second kappa shape index (κ2) is 2.96. The van der Waals surface area contributed by atoms with E-state index in [0.29, 0.717) is 11.4 Å². The Morgan fingerprint density at radius 3 is 2.70 bits per heavy atom. The normalized spacial score (nSPS) is 9.30. The lowest BCUT2D eigenvalue weighted by Gasteiger charge is -2.01. The molecule has 10 heavy (non-hydrogen) atoms. The van der Waals surface area contributed by atoms with Crippen molar-refractivity contribution < 1.29 is 5.11 Å². The van der Waals surface area contributed by atoms with Crippen LogP contribution in [0.2, 0.25) is 0 Å². The van der Waals surface area contributed by atoms with Crippen LogP contribution in [0.25, 0.3) is 0 Å². The van der Waals surface area contributed by atoms with E-state index in [-0.39, 0.29) is 5.75 Å². The molecule has 0 spiro atoms. The number of nitrogens with two attached hydrogens (primary N) is 1. The lowest BCUT2D eigenvalue weighted by atomic mass is 10.3. The van der Waals surface area contributed by atoms with Crippen LogP contribution in [0.1, 0.15) is 0 Å². The number of phenolic OH excluding ortho intramolecular Hbond substituents is 1. The van der Waals surface area contributed by atoms with Gasteiger partial charge in [0.25, 0.3) is 0 Å². The monoisotopic (exact) mass is 250 g/mol. The third kappa shape index (κ3) is 1.44. The summed E-state index contributed by atoms with van der Waals surface area (Å²) in [5.74, 6) is 0.212. The van der Waals surface area contributed by atoms with Crippen LogP contribution in [0.3, 0.4) is 0 Å². The highest BCUT2D eigenvalue weighted by molar-refractivity contribution is 14.1. The van der Waals surface area contributed by atoms with Crippen molar-refractivity contribution in [3.8, 4) is 5.75 Å². The number of rotatable bonds is 1. The molecule has 0 aliphatic carbocycles. The molecule has 1 aromatic carbocycles. The van der Waals surface area contributed by atoms with E-state index in [9.17, 15) is 0 Å². The lowest BCUT2D eigenvalue weighted by molar-refractivity contribution is 0.478. The summed E-state index contributed by atoms with van der Waals surface area (Å²) in [6.07, 6.45) is 0. The van der Waals surface area contributed by atoms with Gasteiger partial charge in [0.2, 0.25) is 0 Å². The van der Waals surface area contributed by atoms with Gasteiger partial charge in [-0.1, -0.05) is 0 Å². The Hall–Kier alpha value is -0.650. The number of halogens is 1. The summed E-state index contributed by atoms with van der Waals surface area (Å²) in [6, 6.07) is 4.87. The van der Waals surface area contributed by atoms with E-state index in [1.165, 1.54) is 0 Å². The van der Waals surface area contributed by atoms with Gasteiger partial charge in [-0.25, -0.2) is 0 Å². The number of nitrogen functional groups attached to an aromatic ring is 1. The molecule has 3 nitrogen and oxygen atoms in total. The molecule has 0 fully saturated rings. The zero-order valence-electron chi connectivity index (χ0n) is 5.13. The van der Waals surface area contributed by atoms with E-state index in [1.54, 1.807) is 18.2 Å². The van der Waals surface area contributed by atoms with Crippen molar-refractivity contribution in [1.29, 1.82) is 0 Å². The molecule has 0 aliphatic rings. The Morgan fingerprint density at radius 2 is 2.20 bits per heavy atom. The first-order valence-corrected chi connectivity index (χ1v) is 3.77. The van der Waals surface area contributed by atoms with Crippen LogP contribution >= 0.6 is 22.9 Å². The highest BCUT2D eigenvalue weighted by Gasteiger charge is 1.96. The quantitative estimate of drug-likeness (QED) is 0.234. The van der Waals surface area contributed by atoms with Gasteiger partial charge in [0.15, 0.2) is 0 Å². The number of hydrogen-bond donors (Lipinski definition) is 3. The molecule has 4 N–H and O–H groups in total. The zero-order valence-corrected chi connectivity index (χ0v) is 7.29. The van der Waals surface area contributed by atoms with Gasteiger partial charge in [0.05, 0.1) is 28.6 Å². The number of hydrogen-bond acceptors (Lipinski definition) is 3. The van der Waals surface area contributed by atoms with Gasteiger partial charge >= 0.3 is 0 Å².